The number of nitrogens with one attached hydrogen (secondary N) is 2. The lowest BCUT2D eigenvalue weighted by molar-refractivity contribution is -0.129. The monoisotopic (exact) mass is 388 g/mol. The van der Waals surface area contributed by atoms with Crippen molar-refractivity contribution in [3.8, 4) is 0 Å². The van der Waals surface area contributed by atoms with Gasteiger partial charge in [0.05, 0.1) is 17.0 Å². The number of hydrogen-bond acceptors (Lipinski definition) is 5. The van der Waals surface area contributed by atoms with E-state index in [-0.39, 0.29) is 11.8 Å². The van der Waals surface area contributed by atoms with Gasteiger partial charge >= 0.3 is 5.97 Å². The zero-order valence-corrected chi connectivity index (χ0v) is 16.2. The lowest BCUT2D eigenvalue weighted by Gasteiger charge is -2.18. The number of rotatable bonds is 6. The Morgan fingerprint density at radius 2 is 2.19 bits per heavy atom. The van der Waals surface area contributed by atoms with E-state index in [2.05, 4.69) is 16.7 Å². The van der Waals surface area contributed by atoms with Gasteiger partial charge in [0.1, 0.15) is 0 Å². The lowest BCUT2D eigenvalue weighted by Crippen LogP contribution is -2.36. The molecule has 0 unspecified atom stereocenters. The zero-order valence-electron chi connectivity index (χ0n) is 15.4. The van der Waals surface area contributed by atoms with Crippen LogP contribution in [0.1, 0.15) is 49.4 Å². The van der Waals surface area contributed by atoms with Gasteiger partial charge in [-0.3, -0.25) is 9.59 Å². The zero-order chi connectivity index (χ0) is 19.2. The van der Waals surface area contributed by atoms with E-state index >= 15 is 0 Å². The largest absolute Gasteiger partial charge is 0.449 e. The van der Waals surface area contributed by atoms with Crippen LogP contribution in [0.25, 0.3) is 0 Å². The number of thioether (sulfide) groups is 1. The average molecular weight is 388 g/mol. The van der Waals surface area contributed by atoms with E-state index in [0.29, 0.717) is 23.5 Å². The molecule has 0 radical (unpaired) electrons. The minimum absolute atomic E-state index is 0.0983. The molecule has 2 N–H and O–H groups in total. The molecule has 144 valence electrons. The summed E-state index contributed by atoms with van der Waals surface area (Å²) in [6.07, 6.45) is 6.91. The topological polar surface area (TPSA) is 84.5 Å². The summed E-state index contributed by atoms with van der Waals surface area (Å²) in [6, 6.07) is 5.01. The van der Waals surface area contributed by atoms with Gasteiger partial charge in [0.25, 0.3) is 5.91 Å². The fourth-order valence-electron chi connectivity index (χ4n) is 3.11. The molecule has 1 heterocycles. The van der Waals surface area contributed by atoms with Crippen LogP contribution in [-0.2, 0) is 14.3 Å². The van der Waals surface area contributed by atoms with Crippen LogP contribution in [0.3, 0.4) is 0 Å². The summed E-state index contributed by atoms with van der Waals surface area (Å²) in [4.78, 5) is 36.9. The van der Waals surface area contributed by atoms with E-state index in [1.807, 2.05) is 0 Å². The van der Waals surface area contributed by atoms with Gasteiger partial charge in [-0.1, -0.05) is 11.6 Å². The number of anilines is 1. The first-order chi connectivity index (χ1) is 13.0. The first kappa shape index (κ1) is 19.5. The Labute approximate surface area is 163 Å². The molecule has 1 aromatic carbocycles. The number of fused-ring (bicyclic) bond motifs is 1. The van der Waals surface area contributed by atoms with E-state index in [1.165, 1.54) is 30.2 Å². The highest BCUT2D eigenvalue weighted by atomic mass is 32.2. The van der Waals surface area contributed by atoms with Crippen molar-refractivity contribution >= 4 is 35.2 Å². The van der Waals surface area contributed by atoms with E-state index in [0.717, 1.165) is 24.2 Å². The molecule has 1 aliphatic heterocycles. The van der Waals surface area contributed by atoms with E-state index in [1.54, 1.807) is 25.1 Å². The molecular weight excluding hydrogens is 364 g/mol. The molecule has 27 heavy (non-hydrogen) atoms. The maximum absolute atomic E-state index is 12.3. The normalized spacial score (nSPS) is 17.2. The maximum Gasteiger partial charge on any atom is 0.338 e. The van der Waals surface area contributed by atoms with Crippen LogP contribution in [0.5, 0.6) is 0 Å². The Bertz CT molecular complexity index is 775. The van der Waals surface area contributed by atoms with E-state index in [9.17, 15) is 14.4 Å². The predicted molar refractivity (Wildman–Crippen MR) is 105 cm³/mol. The number of hydrogen-bond donors (Lipinski definition) is 2. The third-order valence-electron chi connectivity index (χ3n) is 4.63. The molecule has 1 aliphatic carbocycles. The number of carbonyl (C=O) groups excluding carboxylic acids is 3. The minimum atomic E-state index is -0.877. The molecular formula is C20H24N2O4S. The lowest BCUT2D eigenvalue weighted by atomic mass is 9.97. The first-order valence-corrected chi connectivity index (χ1v) is 10.2. The highest BCUT2D eigenvalue weighted by Crippen LogP contribution is 2.32. The van der Waals surface area contributed by atoms with Crippen molar-refractivity contribution in [2.24, 2.45) is 0 Å². The molecule has 0 aromatic heterocycles. The van der Waals surface area contributed by atoms with Crippen LogP contribution < -0.4 is 10.6 Å². The number of esters is 1. The standard InChI is InChI=1S/C20H24N2O4S/c1-13(19(24)21-10-9-14-5-3-2-4-6-14)26-20(25)15-7-8-17-16(11-15)22-18(23)12-27-17/h5,7-8,11,13H,2-4,6,9-10,12H2,1H3,(H,21,24)(H,22,23)/t13-/m1/s1. The van der Waals surface area contributed by atoms with E-state index in [4.69, 9.17) is 4.74 Å². The number of carbonyl (C=O) groups is 3. The summed E-state index contributed by atoms with van der Waals surface area (Å²) in [6.45, 7) is 2.11. The summed E-state index contributed by atoms with van der Waals surface area (Å²) in [5, 5.41) is 5.56. The van der Waals surface area contributed by atoms with Gasteiger partial charge in [-0.2, -0.15) is 0 Å². The van der Waals surface area contributed by atoms with E-state index < -0.39 is 12.1 Å². The highest BCUT2D eigenvalue weighted by Gasteiger charge is 2.21. The molecule has 2 amide bonds. The third kappa shape index (κ3) is 5.35. The van der Waals surface area contributed by atoms with Gasteiger partial charge in [-0.05, 0) is 57.2 Å². The van der Waals surface area contributed by atoms with Crippen LogP contribution in [-0.4, -0.2) is 36.2 Å². The maximum atomic E-state index is 12.3. The van der Waals surface area contributed by atoms with Crippen molar-refractivity contribution in [1.29, 1.82) is 0 Å². The predicted octanol–water partition coefficient (Wildman–Crippen LogP) is 3.28. The Kier molecular flexibility index (Phi) is 6.55. The number of amides is 2. The van der Waals surface area contributed by atoms with Crippen molar-refractivity contribution in [2.45, 2.75) is 50.0 Å². The third-order valence-corrected chi connectivity index (χ3v) is 5.71. The van der Waals surface area contributed by atoms with Crippen molar-refractivity contribution in [1.82, 2.24) is 5.32 Å². The quantitative estimate of drug-likeness (QED) is 0.577. The molecule has 0 fully saturated rings. The molecule has 0 saturated carbocycles. The van der Waals surface area contributed by atoms with Crippen molar-refractivity contribution in [3.05, 3.63) is 35.4 Å². The molecule has 3 rings (SSSR count). The summed E-state index contributed by atoms with van der Waals surface area (Å²) >= 11 is 1.42. The van der Waals surface area contributed by atoms with Crippen molar-refractivity contribution in [2.75, 3.05) is 17.6 Å². The molecule has 0 bridgehead atoms. The minimum Gasteiger partial charge on any atom is -0.449 e. The summed E-state index contributed by atoms with van der Waals surface area (Å²) < 4.78 is 5.27. The Balaban J connectivity index is 1.49. The van der Waals surface area contributed by atoms with Gasteiger partial charge in [0.15, 0.2) is 6.10 Å². The molecule has 1 atom stereocenters. The molecule has 7 heteroatoms. The van der Waals surface area contributed by atoms with Crippen molar-refractivity contribution < 1.29 is 19.1 Å². The van der Waals surface area contributed by atoms with Crippen LogP contribution in [0.2, 0.25) is 0 Å². The molecule has 2 aliphatic rings. The fraction of sp³-hybridized carbons (Fsp3) is 0.450. The second kappa shape index (κ2) is 9.08. The fourth-order valence-corrected chi connectivity index (χ4v) is 3.90. The van der Waals surface area contributed by atoms with Crippen LogP contribution in [0.15, 0.2) is 34.7 Å². The molecule has 0 spiro atoms. The van der Waals surface area contributed by atoms with Gasteiger partial charge in [0, 0.05) is 11.4 Å². The van der Waals surface area contributed by atoms with Gasteiger partial charge < -0.3 is 15.4 Å². The first-order valence-electron chi connectivity index (χ1n) is 9.26. The Morgan fingerprint density at radius 3 is 2.96 bits per heavy atom. The number of ether oxygens (including phenoxy) is 1. The SMILES string of the molecule is C[C@@H](OC(=O)c1ccc2c(c1)NC(=O)CS2)C(=O)NCCC1=CCCCC1. The van der Waals surface area contributed by atoms with Crippen molar-refractivity contribution in [3.63, 3.8) is 0 Å². The highest BCUT2D eigenvalue weighted by molar-refractivity contribution is 8.00. The second-order valence-corrected chi connectivity index (χ2v) is 7.76. The summed E-state index contributed by atoms with van der Waals surface area (Å²) in [5.41, 5.74) is 2.30. The summed E-state index contributed by atoms with van der Waals surface area (Å²) in [7, 11) is 0. The molecule has 6 nitrogen and oxygen atoms in total. The Hall–Kier alpha value is -2.28. The molecule has 1 aromatic rings. The molecule has 0 saturated heterocycles. The van der Waals surface area contributed by atoms with Gasteiger partial charge in [-0.15, -0.1) is 11.8 Å². The smallest absolute Gasteiger partial charge is 0.338 e. The van der Waals surface area contributed by atoms with Crippen LogP contribution in [0.4, 0.5) is 5.69 Å². The van der Waals surface area contributed by atoms with Gasteiger partial charge in [0.2, 0.25) is 5.91 Å². The van der Waals surface area contributed by atoms with Crippen LogP contribution >= 0.6 is 11.8 Å². The number of allylic oxidation sites excluding steroid dienone is 1. The number of benzene rings is 1. The van der Waals surface area contributed by atoms with Crippen LogP contribution in [0, 0.1) is 0 Å². The Morgan fingerprint density at radius 1 is 1.33 bits per heavy atom. The van der Waals surface area contributed by atoms with Gasteiger partial charge in [-0.25, -0.2) is 4.79 Å². The average Bonchev–Trinajstić information content (AvgIpc) is 2.68. The summed E-state index contributed by atoms with van der Waals surface area (Å²) in [5.74, 6) is -0.620. The second-order valence-electron chi connectivity index (χ2n) is 6.74.